The van der Waals surface area contributed by atoms with Crippen LogP contribution in [-0.2, 0) is 12.8 Å². The van der Waals surface area contributed by atoms with Gasteiger partial charge in [0.2, 0.25) is 5.89 Å². The van der Waals surface area contributed by atoms with Crippen molar-refractivity contribution in [2.75, 3.05) is 0 Å². The van der Waals surface area contributed by atoms with Crippen LogP contribution in [0.3, 0.4) is 0 Å². The lowest BCUT2D eigenvalue weighted by Gasteiger charge is -2.03. The molecule has 0 spiro atoms. The Morgan fingerprint density at radius 2 is 2.05 bits per heavy atom. The fraction of sp³-hybridized carbons (Fsp3) is 0.429. The highest BCUT2D eigenvalue weighted by Gasteiger charge is 2.31. The van der Waals surface area contributed by atoms with Crippen LogP contribution in [0, 0.1) is 11.7 Å². The van der Waals surface area contributed by atoms with Gasteiger partial charge in [-0.15, -0.1) is 0 Å². The average molecular weight is 262 g/mol. The molecular weight excluding hydrogens is 247 g/mol. The number of nitrogens with zero attached hydrogens (tertiary/aromatic N) is 2. The molecule has 1 heterocycles. The minimum atomic E-state index is -0.376. The summed E-state index contributed by atoms with van der Waals surface area (Å²) in [5.41, 5.74) is 0.927. The van der Waals surface area contributed by atoms with Crippen LogP contribution in [0.4, 0.5) is 4.39 Å². The number of hydrogen-bond acceptors (Lipinski definition) is 4. The molecule has 0 bridgehead atoms. The molecule has 0 aliphatic heterocycles. The predicted octanol–water partition coefficient (Wildman–Crippen LogP) is 2.11. The first-order valence-electron chi connectivity index (χ1n) is 6.44. The number of benzene rings is 1. The van der Waals surface area contributed by atoms with Crippen molar-refractivity contribution in [1.29, 1.82) is 0 Å². The first-order valence-corrected chi connectivity index (χ1v) is 6.44. The molecule has 5 heteroatoms. The Kier molecular flexibility index (Phi) is 3.29. The minimum absolute atomic E-state index is 0.259. The van der Waals surface area contributed by atoms with Crippen molar-refractivity contribution < 1.29 is 14.0 Å². The summed E-state index contributed by atoms with van der Waals surface area (Å²) < 4.78 is 17.9. The summed E-state index contributed by atoms with van der Waals surface area (Å²) in [4.78, 5) is 4.25. The van der Waals surface area contributed by atoms with Crippen LogP contribution in [0.25, 0.3) is 0 Å². The second-order valence-electron chi connectivity index (χ2n) is 5.02. The van der Waals surface area contributed by atoms with Gasteiger partial charge in [0, 0.05) is 6.42 Å². The van der Waals surface area contributed by atoms with Crippen LogP contribution >= 0.6 is 0 Å². The molecule has 1 aliphatic carbocycles. The third-order valence-corrected chi connectivity index (χ3v) is 3.34. The average Bonchev–Trinajstić information content (AvgIpc) is 3.16. The lowest BCUT2D eigenvalue weighted by Crippen LogP contribution is -2.12. The summed E-state index contributed by atoms with van der Waals surface area (Å²) in [7, 11) is 0. The van der Waals surface area contributed by atoms with Crippen molar-refractivity contribution in [1.82, 2.24) is 10.1 Å². The van der Waals surface area contributed by atoms with Gasteiger partial charge in [-0.05, 0) is 36.5 Å². The second-order valence-corrected chi connectivity index (χ2v) is 5.02. The smallest absolute Gasteiger partial charge is 0.229 e. The van der Waals surface area contributed by atoms with Crippen molar-refractivity contribution in [3.05, 3.63) is 47.4 Å². The number of halogens is 1. The van der Waals surface area contributed by atoms with Crippen LogP contribution in [0.5, 0.6) is 0 Å². The lowest BCUT2D eigenvalue weighted by atomic mass is 10.1. The maximum atomic E-state index is 12.8. The van der Waals surface area contributed by atoms with Crippen molar-refractivity contribution in [3.63, 3.8) is 0 Å². The molecule has 19 heavy (non-hydrogen) atoms. The van der Waals surface area contributed by atoms with E-state index in [0.717, 1.165) is 18.4 Å². The number of rotatable bonds is 5. The molecule has 0 radical (unpaired) electrons. The third-order valence-electron chi connectivity index (χ3n) is 3.34. The van der Waals surface area contributed by atoms with Crippen LogP contribution in [0.15, 0.2) is 28.8 Å². The van der Waals surface area contributed by atoms with Gasteiger partial charge in [0.1, 0.15) is 5.82 Å². The van der Waals surface area contributed by atoms with Gasteiger partial charge in [-0.3, -0.25) is 0 Å². The molecule has 100 valence electrons. The first kappa shape index (κ1) is 12.3. The molecule has 1 unspecified atom stereocenters. The van der Waals surface area contributed by atoms with Crippen LogP contribution in [0.1, 0.15) is 30.1 Å². The van der Waals surface area contributed by atoms with Crippen LogP contribution < -0.4 is 0 Å². The normalized spacial score (nSPS) is 16.5. The standard InChI is InChI=1S/C14H15FN2O2/c15-11-5-1-9(2-6-11)7-13-16-14(19-17-13)8-12(18)10-3-4-10/h1-2,5-6,10,12,18H,3-4,7-8H2. The van der Waals surface area contributed by atoms with E-state index in [-0.39, 0.29) is 11.9 Å². The van der Waals surface area contributed by atoms with E-state index >= 15 is 0 Å². The summed E-state index contributed by atoms with van der Waals surface area (Å²) in [6.45, 7) is 0. The number of hydrogen-bond donors (Lipinski definition) is 1. The van der Waals surface area contributed by atoms with Gasteiger partial charge in [-0.25, -0.2) is 4.39 Å². The molecule has 1 atom stereocenters. The highest BCUT2D eigenvalue weighted by molar-refractivity contribution is 5.19. The fourth-order valence-corrected chi connectivity index (χ4v) is 2.06. The second kappa shape index (κ2) is 5.09. The van der Waals surface area contributed by atoms with Crippen molar-refractivity contribution >= 4 is 0 Å². The topological polar surface area (TPSA) is 59.2 Å². The van der Waals surface area contributed by atoms with Gasteiger partial charge in [-0.2, -0.15) is 4.98 Å². The number of aromatic nitrogens is 2. The van der Waals surface area contributed by atoms with E-state index in [9.17, 15) is 9.50 Å². The SMILES string of the molecule is OC(Cc1nc(Cc2ccc(F)cc2)no1)C1CC1. The van der Waals surface area contributed by atoms with E-state index in [2.05, 4.69) is 10.1 Å². The minimum Gasteiger partial charge on any atom is -0.392 e. The maximum absolute atomic E-state index is 12.8. The van der Waals surface area contributed by atoms with E-state index in [1.165, 1.54) is 12.1 Å². The van der Waals surface area contributed by atoms with E-state index in [1.54, 1.807) is 12.1 Å². The van der Waals surface area contributed by atoms with Crippen LogP contribution in [0.2, 0.25) is 0 Å². The molecule has 0 saturated heterocycles. The Labute approximate surface area is 110 Å². The fourth-order valence-electron chi connectivity index (χ4n) is 2.06. The molecule has 2 aromatic rings. The maximum Gasteiger partial charge on any atom is 0.229 e. The largest absolute Gasteiger partial charge is 0.392 e. The van der Waals surface area contributed by atoms with Crippen molar-refractivity contribution in [2.45, 2.75) is 31.8 Å². The first-order chi connectivity index (χ1) is 9.20. The summed E-state index contributed by atoms with van der Waals surface area (Å²) in [5.74, 6) is 1.17. The zero-order valence-electron chi connectivity index (χ0n) is 10.4. The van der Waals surface area contributed by atoms with Gasteiger partial charge in [0.15, 0.2) is 5.82 Å². The van der Waals surface area contributed by atoms with E-state index < -0.39 is 0 Å². The summed E-state index contributed by atoms with van der Waals surface area (Å²) in [6.07, 6.45) is 2.71. The Bertz CT molecular complexity index is 549. The Morgan fingerprint density at radius 3 is 2.74 bits per heavy atom. The molecule has 1 aliphatic rings. The van der Waals surface area contributed by atoms with E-state index in [4.69, 9.17) is 4.52 Å². The monoisotopic (exact) mass is 262 g/mol. The predicted molar refractivity (Wildman–Crippen MR) is 65.9 cm³/mol. The van der Waals surface area contributed by atoms with Gasteiger partial charge in [0.25, 0.3) is 0 Å². The van der Waals surface area contributed by atoms with Crippen LogP contribution in [-0.4, -0.2) is 21.4 Å². The Morgan fingerprint density at radius 1 is 1.32 bits per heavy atom. The molecular formula is C14H15FN2O2. The van der Waals surface area contributed by atoms with Gasteiger partial charge in [0.05, 0.1) is 12.5 Å². The molecule has 1 aromatic carbocycles. The van der Waals surface area contributed by atoms with Gasteiger partial charge in [-0.1, -0.05) is 17.3 Å². The van der Waals surface area contributed by atoms with E-state index in [1.807, 2.05) is 0 Å². The molecule has 0 amide bonds. The Hall–Kier alpha value is -1.75. The number of aliphatic hydroxyl groups excluding tert-OH is 1. The summed E-state index contributed by atoms with van der Waals surface area (Å²) in [6, 6.07) is 6.22. The Balaban J connectivity index is 1.62. The summed E-state index contributed by atoms with van der Waals surface area (Å²) in [5, 5.41) is 13.7. The molecule has 1 fully saturated rings. The van der Waals surface area contributed by atoms with Gasteiger partial charge >= 0.3 is 0 Å². The highest BCUT2D eigenvalue weighted by atomic mass is 19.1. The quantitative estimate of drug-likeness (QED) is 0.896. The zero-order valence-corrected chi connectivity index (χ0v) is 10.4. The van der Waals surface area contributed by atoms with Crippen molar-refractivity contribution in [3.8, 4) is 0 Å². The molecule has 1 N–H and O–H groups in total. The lowest BCUT2D eigenvalue weighted by molar-refractivity contribution is 0.140. The van der Waals surface area contributed by atoms with Gasteiger partial charge < -0.3 is 9.63 Å². The molecule has 1 saturated carbocycles. The molecule has 1 aromatic heterocycles. The number of aliphatic hydroxyl groups is 1. The summed E-state index contributed by atoms with van der Waals surface area (Å²) >= 11 is 0. The van der Waals surface area contributed by atoms with E-state index in [0.29, 0.717) is 30.5 Å². The third kappa shape index (κ3) is 3.17. The van der Waals surface area contributed by atoms with Crippen molar-refractivity contribution in [2.24, 2.45) is 5.92 Å². The molecule has 3 rings (SSSR count). The zero-order chi connectivity index (χ0) is 13.2. The molecule has 4 nitrogen and oxygen atoms in total. The highest BCUT2D eigenvalue weighted by Crippen LogP contribution is 2.33.